The smallest absolute Gasteiger partial charge is 0.134 e. The highest BCUT2D eigenvalue weighted by Crippen LogP contribution is 2.28. The van der Waals surface area contributed by atoms with Gasteiger partial charge in [0.05, 0.1) is 0 Å². The van der Waals surface area contributed by atoms with Crippen LogP contribution in [0.1, 0.15) is 20.3 Å². The maximum Gasteiger partial charge on any atom is 0.134 e. The summed E-state index contributed by atoms with van der Waals surface area (Å²) in [5.74, 6) is 0.542. The molecule has 1 aliphatic rings. The lowest BCUT2D eigenvalue weighted by Gasteiger charge is -2.23. The van der Waals surface area contributed by atoms with E-state index in [1.54, 1.807) is 6.92 Å². The first-order valence-electron chi connectivity index (χ1n) is 5.50. The summed E-state index contributed by atoms with van der Waals surface area (Å²) in [6.45, 7) is 4.77. The van der Waals surface area contributed by atoms with Crippen LogP contribution in [0.3, 0.4) is 0 Å². The van der Waals surface area contributed by atoms with E-state index in [0.29, 0.717) is 11.8 Å². The van der Waals surface area contributed by atoms with Crippen molar-refractivity contribution >= 4 is 11.5 Å². The first-order chi connectivity index (χ1) is 7.18. The largest absolute Gasteiger partial charge is 0.368 e. The second-order valence-electron chi connectivity index (χ2n) is 4.38. The number of rotatable bonds is 2. The number of benzene rings is 1. The Hall–Kier alpha value is -1.31. The summed E-state index contributed by atoms with van der Waals surface area (Å²) in [4.78, 5) is 13.7. The minimum atomic E-state index is 0.222. The first kappa shape index (κ1) is 10.2. The lowest BCUT2D eigenvalue weighted by atomic mass is 10.0. The number of anilines is 1. The van der Waals surface area contributed by atoms with E-state index in [9.17, 15) is 4.79 Å². The zero-order valence-corrected chi connectivity index (χ0v) is 9.31. The van der Waals surface area contributed by atoms with Crippen molar-refractivity contribution in [2.24, 2.45) is 5.92 Å². The molecule has 0 aliphatic carbocycles. The van der Waals surface area contributed by atoms with E-state index in [0.717, 1.165) is 13.0 Å². The molecule has 2 unspecified atom stereocenters. The Morgan fingerprint density at radius 2 is 2.00 bits per heavy atom. The van der Waals surface area contributed by atoms with Crippen molar-refractivity contribution < 1.29 is 4.79 Å². The van der Waals surface area contributed by atoms with Crippen LogP contribution in [-0.2, 0) is 4.79 Å². The van der Waals surface area contributed by atoms with Crippen LogP contribution in [0.2, 0.25) is 0 Å². The summed E-state index contributed by atoms with van der Waals surface area (Å²) < 4.78 is 0. The summed E-state index contributed by atoms with van der Waals surface area (Å²) in [7, 11) is 0. The Kier molecular flexibility index (Phi) is 2.76. The molecule has 2 rings (SSSR count). The number of nitrogens with zero attached hydrogens (tertiary/aromatic N) is 1. The van der Waals surface area contributed by atoms with Crippen LogP contribution in [0.4, 0.5) is 5.69 Å². The van der Waals surface area contributed by atoms with Gasteiger partial charge < -0.3 is 4.90 Å². The van der Waals surface area contributed by atoms with Gasteiger partial charge in [-0.15, -0.1) is 0 Å². The normalized spacial score (nSPS) is 25.6. The SMILES string of the molecule is CC(=O)C1CC(C)N(c2ccccc2)C1. The lowest BCUT2D eigenvalue weighted by molar-refractivity contribution is -0.120. The van der Waals surface area contributed by atoms with Crippen LogP contribution < -0.4 is 4.90 Å². The van der Waals surface area contributed by atoms with E-state index in [2.05, 4.69) is 24.0 Å². The van der Waals surface area contributed by atoms with Crippen LogP contribution in [0.5, 0.6) is 0 Å². The van der Waals surface area contributed by atoms with Crippen LogP contribution in [0.25, 0.3) is 0 Å². The number of carbonyl (C=O) groups excluding carboxylic acids is 1. The van der Waals surface area contributed by atoms with Gasteiger partial charge in [0.1, 0.15) is 5.78 Å². The Balaban J connectivity index is 2.15. The molecule has 0 bridgehead atoms. The highest BCUT2D eigenvalue weighted by atomic mass is 16.1. The number of para-hydroxylation sites is 1. The van der Waals surface area contributed by atoms with E-state index in [1.807, 2.05) is 18.2 Å². The van der Waals surface area contributed by atoms with Crippen molar-refractivity contribution in [3.63, 3.8) is 0 Å². The van der Waals surface area contributed by atoms with Crippen molar-refractivity contribution in [3.05, 3.63) is 30.3 Å². The van der Waals surface area contributed by atoms with Crippen LogP contribution in [-0.4, -0.2) is 18.4 Å². The minimum absolute atomic E-state index is 0.222. The maximum absolute atomic E-state index is 11.3. The van der Waals surface area contributed by atoms with Crippen LogP contribution in [0, 0.1) is 5.92 Å². The maximum atomic E-state index is 11.3. The standard InChI is InChI=1S/C13H17NO/c1-10-8-12(11(2)15)9-14(10)13-6-4-3-5-7-13/h3-7,10,12H,8-9H2,1-2H3. The van der Waals surface area contributed by atoms with Gasteiger partial charge in [-0.25, -0.2) is 0 Å². The quantitative estimate of drug-likeness (QED) is 0.736. The van der Waals surface area contributed by atoms with Crippen molar-refractivity contribution in [1.82, 2.24) is 0 Å². The van der Waals surface area contributed by atoms with Gasteiger partial charge in [0.25, 0.3) is 0 Å². The molecule has 2 heteroatoms. The molecule has 1 aromatic rings. The molecule has 0 radical (unpaired) electrons. The van der Waals surface area contributed by atoms with Crippen LogP contribution in [0.15, 0.2) is 30.3 Å². The van der Waals surface area contributed by atoms with Gasteiger partial charge in [-0.3, -0.25) is 4.79 Å². The molecule has 80 valence electrons. The van der Waals surface area contributed by atoms with E-state index in [-0.39, 0.29) is 5.92 Å². The zero-order chi connectivity index (χ0) is 10.8. The number of hydrogen-bond acceptors (Lipinski definition) is 2. The van der Waals surface area contributed by atoms with Gasteiger partial charge in [0.2, 0.25) is 0 Å². The molecule has 0 spiro atoms. The lowest BCUT2D eigenvalue weighted by Crippen LogP contribution is -2.27. The predicted octanol–water partition coefficient (Wildman–Crippen LogP) is 2.49. The minimum Gasteiger partial charge on any atom is -0.368 e. The Bertz CT molecular complexity index is 347. The number of carbonyl (C=O) groups is 1. The number of hydrogen-bond donors (Lipinski definition) is 0. The molecule has 0 amide bonds. The Morgan fingerprint density at radius 1 is 1.33 bits per heavy atom. The average Bonchev–Trinajstić information content (AvgIpc) is 2.62. The molecular weight excluding hydrogens is 186 g/mol. The molecule has 0 aromatic heterocycles. The highest BCUT2D eigenvalue weighted by Gasteiger charge is 2.31. The number of Topliss-reactive ketones (excluding diaryl/α,β-unsaturated/α-hetero) is 1. The molecule has 0 N–H and O–H groups in total. The third-order valence-electron chi connectivity index (χ3n) is 3.24. The summed E-state index contributed by atoms with van der Waals surface area (Å²) in [6.07, 6.45) is 0.990. The third-order valence-corrected chi connectivity index (χ3v) is 3.24. The Morgan fingerprint density at radius 3 is 2.53 bits per heavy atom. The van der Waals surface area contributed by atoms with Gasteiger partial charge >= 0.3 is 0 Å². The van der Waals surface area contributed by atoms with E-state index >= 15 is 0 Å². The molecule has 0 saturated carbocycles. The molecule has 2 atom stereocenters. The van der Waals surface area contributed by atoms with Crippen molar-refractivity contribution in [2.45, 2.75) is 26.3 Å². The summed E-state index contributed by atoms with van der Waals surface area (Å²) in [6, 6.07) is 10.8. The van der Waals surface area contributed by atoms with Crippen molar-refractivity contribution in [2.75, 3.05) is 11.4 Å². The highest BCUT2D eigenvalue weighted by molar-refractivity contribution is 5.80. The fourth-order valence-corrected chi connectivity index (χ4v) is 2.30. The van der Waals surface area contributed by atoms with Gasteiger partial charge in [-0.05, 0) is 32.4 Å². The van der Waals surface area contributed by atoms with E-state index in [4.69, 9.17) is 0 Å². The zero-order valence-electron chi connectivity index (χ0n) is 9.31. The Labute approximate surface area is 90.9 Å². The molecule has 1 aromatic carbocycles. The average molecular weight is 203 g/mol. The molecule has 1 aliphatic heterocycles. The molecule has 2 nitrogen and oxygen atoms in total. The predicted molar refractivity (Wildman–Crippen MR) is 62.0 cm³/mol. The fourth-order valence-electron chi connectivity index (χ4n) is 2.30. The van der Waals surface area contributed by atoms with Gasteiger partial charge in [0, 0.05) is 24.2 Å². The van der Waals surface area contributed by atoms with Crippen molar-refractivity contribution in [1.29, 1.82) is 0 Å². The molecule has 1 saturated heterocycles. The van der Waals surface area contributed by atoms with Crippen LogP contribution >= 0.6 is 0 Å². The molecule has 1 heterocycles. The fraction of sp³-hybridized carbons (Fsp3) is 0.462. The number of ketones is 1. The topological polar surface area (TPSA) is 20.3 Å². The second-order valence-corrected chi connectivity index (χ2v) is 4.38. The molecule has 1 fully saturated rings. The van der Waals surface area contributed by atoms with Gasteiger partial charge in [-0.2, -0.15) is 0 Å². The van der Waals surface area contributed by atoms with E-state index in [1.165, 1.54) is 5.69 Å². The van der Waals surface area contributed by atoms with Crippen molar-refractivity contribution in [3.8, 4) is 0 Å². The summed E-state index contributed by atoms with van der Waals surface area (Å²) >= 11 is 0. The first-order valence-corrected chi connectivity index (χ1v) is 5.50. The van der Waals surface area contributed by atoms with E-state index < -0.39 is 0 Å². The summed E-state index contributed by atoms with van der Waals surface area (Å²) in [5.41, 5.74) is 1.23. The monoisotopic (exact) mass is 203 g/mol. The second kappa shape index (κ2) is 4.05. The summed E-state index contributed by atoms with van der Waals surface area (Å²) in [5, 5.41) is 0. The molecule has 15 heavy (non-hydrogen) atoms. The third kappa shape index (κ3) is 2.04. The van der Waals surface area contributed by atoms with Gasteiger partial charge in [0.15, 0.2) is 0 Å². The molecular formula is C13H17NO. The van der Waals surface area contributed by atoms with Gasteiger partial charge in [-0.1, -0.05) is 18.2 Å².